The fraction of sp³-hybridized carbons (Fsp3) is 0.148. The summed E-state index contributed by atoms with van der Waals surface area (Å²) in [5.74, 6) is -0.0666. The number of halogens is 1. The van der Waals surface area contributed by atoms with E-state index in [-0.39, 0.29) is 11.7 Å². The van der Waals surface area contributed by atoms with Crippen molar-refractivity contribution in [3.05, 3.63) is 101 Å². The summed E-state index contributed by atoms with van der Waals surface area (Å²) in [5.41, 5.74) is 5.38. The summed E-state index contributed by atoms with van der Waals surface area (Å²) in [6.07, 6.45) is 5.03. The van der Waals surface area contributed by atoms with Gasteiger partial charge in [-0.2, -0.15) is 4.80 Å². The van der Waals surface area contributed by atoms with E-state index in [0.29, 0.717) is 23.7 Å². The van der Waals surface area contributed by atoms with Crippen LogP contribution in [0.3, 0.4) is 0 Å². The summed E-state index contributed by atoms with van der Waals surface area (Å²) in [4.78, 5) is 22.4. The molecule has 37 heavy (non-hydrogen) atoms. The van der Waals surface area contributed by atoms with Crippen molar-refractivity contribution in [2.24, 2.45) is 0 Å². The Morgan fingerprint density at radius 1 is 1.03 bits per heavy atom. The number of anilines is 1. The van der Waals surface area contributed by atoms with Crippen molar-refractivity contribution in [2.45, 2.75) is 25.9 Å². The Morgan fingerprint density at radius 2 is 1.92 bits per heavy atom. The third-order valence-corrected chi connectivity index (χ3v) is 6.48. The Hall–Kier alpha value is -4.50. The molecule has 0 saturated heterocycles. The van der Waals surface area contributed by atoms with Gasteiger partial charge in [-0.3, -0.25) is 4.79 Å². The maximum absolute atomic E-state index is 13.1. The van der Waals surface area contributed by atoms with Crippen LogP contribution in [-0.4, -0.2) is 40.6 Å². The molecule has 0 unspecified atom stereocenters. The molecule has 3 aromatic heterocycles. The molecule has 0 radical (unpaired) electrons. The average molecular weight is 511 g/mol. The highest BCUT2D eigenvalue weighted by Crippen LogP contribution is 2.26. The van der Waals surface area contributed by atoms with Crippen LogP contribution in [0.4, 0.5) is 5.69 Å². The Bertz CT molecular complexity index is 1690. The van der Waals surface area contributed by atoms with Gasteiger partial charge in [0.25, 0.3) is 5.91 Å². The lowest BCUT2D eigenvalue weighted by Gasteiger charge is -2.07. The topological polar surface area (TPSA) is 106 Å². The van der Waals surface area contributed by atoms with Gasteiger partial charge >= 0.3 is 0 Å². The molecule has 0 aliphatic rings. The van der Waals surface area contributed by atoms with Crippen LogP contribution < -0.4 is 5.32 Å². The normalized spacial score (nSPS) is 11.4. The lowest BCUT2D eigenvalue weighted by molar-refractivity contribution is 0.101. The van der Waals surface area contributed by atoms with Crippen molar-refractivity contribution >= 4 is 45.1 Å². The predicted molar refractivity (Wildman–Crippen MR) is 143 cm³/mol. The molecule has 0 aliphatic carbocycles. The maximum atomic E-state index is 13.1. The Morgan fingerprint density at radius 3 is 2.76 bits per heavy atom. The number of hydrogen-bond acceptors (Lipinski definition) is 5. The molecule has 0 bridgehead atoms. The number of aromatic amines is 1. The maximum Gasteiger partial charge on any atom is 0.291 e. The second kappa shape index (κ2) is 9.87. The molecule has 0 saturated carbocycles. The number of fused-ring (bicyclic) bond motifs is 2. The first-order valence-electron chi connectivity index (χ1n) is 12.0. The largest absolute Gasteiger partial charge is 0.347 e. The molecule has 0 aliphatic heterocycles. The number of aryl methyl sites for hydroxylation is 2. The molecular formula is C27H23ClN8O. The van der Waals surface area contributed by atoms with Gasteiger partial charge < -0.3 is 14.9 Å². The molecule has 184 valence electrons. The smallest absolute Gasteiger partial charge is 0.291 e. The number of hydrogen-bond donors (Lipinski definition) is 2. The second-order valence-corrected chi connectivity index (χ2v) is 9.27. The van der Waals surface area contributed by atoms with Crippen LogP contribution in [0.2, 0.25) is 5.02 Å². The zero-order valence-electron chi connectivity index (χ0n) is 19.8. The van der Waals surface area contributed by atoms with Gasteiger partial charge in [-0.1, -0.05) is 41.9 Å². The first-order valence-corrected chi connectivity index (χ1v) is 12.3. The molecule has 0 spiro atoms. The molecule has 10 heteroatoms. The van der Waals surface area contributed by atoms with E-state index in [4.69, 9.17) is 11.6 Å². The number of carbonyl (C=O) groups excluding carboxylic acids is 1. The van der Waals surface area contributed by atoms with Crippen LogP contribution in [0.5, 0.6) is 0 Å². The van der Waals surface area contributed by atoms with Crippen molar-refractivity contribution in [2.75, 3.05) is 5.32 Å². The molecule has 3 aromatic carbocycles. The van der Waals surface area contributed by atoms with Crippen LogP contribution >= 0.6 is 11.6 Å². The molecule has 0 atom stereocenters. The number of imidazole rings is 1. The monoisotopic (exact) mass is 510 g/mol. The molecule has 6 aromatic rings. The number of tetrazole rings is 1. The first-order chi connectivity index (χ1) is 18.1. The van der Waals surface area contributed by atoms with Crippen LogP contribution in [0.1, 0.15) is 28.2 Å². The van der Waals surface area contributed by atoms with Gasteiger partial charge in [0.2, 0.25) is 0 Å². The standard InChI is InChI=1S/C27H23ClN8O/c28-21-14-20(13-18-5-2-1-3-6-18)25-23(16-21)32-26(33-25)27(37)31-22-7-8-24-19(15-22)9-12-35(24)10-4-11-36-30-17-29-34-36/h1-3,5-9,12,14-17H,4,10-11,13H2,(H,31,37)(H,32,33). The van der Waals surface area contributed by atoms with Crippen molar-refractivity contribution in [3.63, 3.8) is 0 Å². The van der Waals surface area contributed by atoms with Crippen LogP contribution in [0.25, 0.3) is 21.9 Å². The number of nitrogens with zero attached hydrogens (tertiary/aromatic N) is 6. The van der Waals surface area contributed by atoms with Gasteiger partial charge in [-0.15, -0.1) is 10.2 Å². The molecule has 1 amide bonds. The Labute approximate surface area is 217 Å². The van der Waals surface area contributed by atoms with Gasteiger partial charge in [-0.25, -0.2) is 4.98 Å². The summed E-state index contributed by atoms with van der Waals surface area (Å²) in [7, 11) is 0. The van der Waals surface area contributed by atoms with Crippen molar-refractivity contribution in [1.29, 1.82) is 0 Å². The van der Waals surface area contributed by atoms with E-state index in [0.717, 1.165) is 46.0 Å². The molecular weight excluding hydrogens is 488 g/mol. The molecule has 2 N–H and O–H groups in total. The summed E-state index contributed by atoms with van der Waals surface area (Å²) in [5, 5.41) is 16.3. The quantitative estimate of drug-likeness (QED) is 0.296. The van der Waals surface area contributed by atoms with E-state index in [2.05, 4.69) is 47.4 Å². The van der Waals surface area contributed by atoms with Gasteiger partial charge in [0.1, 0.15) is 0 Å². The number of nitrogens with one attached hydrogen (secondary N) is 2. The Kier molecular flexibility index (Phi) is 6.11. The average Bonchev–Trinajstić information content (AvgIpc) is 3.65. The first kappa shape index (κ1) is 22.9. The Balaban J connectivity index is 1.18. The highest BCUT2D eigenvalue weighted by molar-refractivity contribution is 6.31. The highest BCUT2D eigenvalue weighted by Gasteiger charge is 2.16. The minimum atomic E-state index is -0.308. The minimum absolute atomic E-state index is 0.242. The van der Waals surface area contributed by atoms with E-state index in [9.17, 15) is 4.79 Å². The number of benzene rings is 3. The van der Waals surface area contributed by atoms with Gasteiger partial charge in [0.05, 0.1) is 17.6 Å². The van der Waals surface area contributed by atoms with E-state index in [1.807, 2.05) is 54.7 Å². The lowest BCUT2D eigenvalue weighted by atomic mass is 10.0. The number of H-pyrrole nitrogens is 1. The lowest BCUT2D eigenvalue weighted by Crippen LogP contribution is -2.13. The number of amides is 1. The van der Waals surface area contributed by atoms with Gasteiger partial charge in [-0.05, 0) is 65.6 Å². The number of carbonyl (C=O) groups is 1. The minimum Gasteiger partial charge on any atom is -0.347 e. The zero-order valence-corrected chi connectivity index (χ0v) is 20.6. The number of aromatic nitrogens is 7. The van der Waals surface area contributed by atoms with Crippen molar-refractivity contribution in [3.8, 4) is 0 Å². The zero-order chi connectivity index (χ0) is 25.2. The third-order valence-electron chi connectivity index (χ3n) is 6.26. The van der Waals surface area contributed by atoms with Crippen LogP contribution in [0.15, 0.2) is 79.3 Å². The number of rotatable bonds is 8. The molecule has 6 rings (SSSR count). The predicted octanol–water partition coefficient (Wildman–Crippen LogP) is 5.09. The van der Waals surface area contributed by atoms with Crippen molar-refractivity contribution in [1.82, 2.24) is 34.7 Å². The van der Waals surface area contributed by atoms with E-state index in [1.54, 1.807) is 10.9 Å². The van der Waals surface area contributed by atoms with Gasteiger partial charge in [0.15, 0.2) is 12.2 Å². The van der Waals surface area contributed by atoms with Gasteiger partial charge in [0, 0.05) is 34.4 Å². The molecule has 9 nitrogen and oxygen atoms in total. The summed E-state index contributed by atoms with van der Waals surface area (Å²) in [6.45, 7) is 1.52. The van der Waals surface area contributed by atoms with E-state index < -0.39 is 0 Å². The summed E-state index contributed by atoms with van der Waals surface area (Å²) in [6, 6.07) is 21.7. The van der Waals surface area contributed by atoms with E-state index in [1.165, 1.54) is 6.33 Å². The van der Waals surface area contributed by atoms with Crippen LogP contribution in [-0.2, 0) is 19.5 Å². The SMILES string of the molecule is O=C(Nc1ccc2c(ccn2CCCn2ncnn2)c1)c1nc2c(Cc3ccccc3)cc(Cl)cc2[nH]1. The summed E-state index contributed by atoms with van der Waals surface area (Å²) >= 11 is 6.36. The summed E-state index contributed by atoms with van der Waals surface area (Å²) < 4.78 is 2.18. The van der Waals surface area contributed by atoms with Crippen molar-refractivity contribution < 1.29 is 4.79 Å². The highest BCUT2D eigenvalue weighted by atomic mass is 35.5. The fourth-order valence-electron chi connectivity index (χ4n) is 4.55. The molecule has 0 fully saturated rings. The van der Waals surface area contributed by atoms with Crippen LogP contribution in [0, 0.1) is 0 Å². The fourth-order valence-corrected chi connectivity index (χ4v) is 4.79. The van der Waals surface area contributed by atoms with E-state index >= 15 is 0 Å². The second-order valence-electron chi connectivity index (χ2n) is 8.83. The molecule has 3 heterocycles. The third kappa shape index (κ3) is 4.94.